The quantitative estimate of drug-likeness (QED) is 0.455. The Morgan fingerprint density at radius 1 is 0.500 bits per heavy atom. The van der Waals surface area contributed by atoms with Crippen LogP contribution < -0.4 is 0 Å². The van der Waals surface area contributed by atoms with Gasteiger partial charge in [-0.25, -0.2) is 0 Å². The van der Waals surface area contributed by atoms with Crippen LogP contribution in [0.15, 0.2) is 0 Å². The average Bonchev–Trinajstić information content (AvgIpc) is 0. The Morgan fingerprint density at radius 2 is 0.500 bits per heavy atom. The van der Waals surface area contributed by atoms with Crippen molar-refractivity contribution in [2.45, 2.75) is 0 Å². The van der Waals surface area contributed by atoms with Crippen LogP contribution in [0.1, 0.15) is 0 Å². The van der Waals surface area contributed by atoms with Gasteiger partial charge in [-0.15, -0.1) is 0 Å². The zero-order valence-corrected chi connectivity index (χ0v) is 3.38. The van der Waals surface area contributed by atoms with E-state index in [9.17, 15) is 0 Å². The summed E-state index contributed by atoms with van der Waals surface area (Å²) in [7, 11) is 0. The predicted octanol–water partition coefficient (Wildman–Crippen LogP) is -0.359. The molecule has 36 valence electrons. The van der Waals surface area contributed by atoms with Crippen molar-refractivity contribution in [2.75, 3.05) is 0 Å². The zero-order valence-electron chi connectivity index (χ0n) is 1.50. The van der Waals surface area contributed by atoms with E-state index in [1.54, 1.807) is 0 Å². The third-order valence-corrected chi connectivity index (χ3v) is 0. The maximum atomic E-state index is 0. The van der Waals surface area contributed by atoms with Gasteiger partial charge in [-0.05, 0) is 0 Å². The van der Waals surface area contributed by atoms with Crippen LogP contribution in [0, 0.1) is 0 Å². The van der Waals surface area contributed by atoms with Gasteiger partial charge < -0.3 is 11.0 Å². The van der Waals surface area contributed by atoms with Crippen LogP contribution in [0.25, 0.3) is 0 Å². The summed E-state index contributed by atoms with van der Waals surface area (Å²) >= 11 is 0. The smallest absolute Gasteiger partial charge is 0.870 e. The fourth-order valence-electron chi connectivity index (χ4n) is 0. The molecule has 0 rings (SSSR count). The molecule has 0 unspecified atom stereocenters. The van der Waals surface area contributed by atoms with Crippen LogP contribution in [0.4, 0.5) is 0 Å². The molecule has 0 saturated heterocycles. The number of rotatable bonds is 0. The summed E-state index contributed by atoms with van der Waals surface area (Å²) in [6.07, 6.45) is 0. The molecule has 0 spiro atoms. The van der Waals surface area contributed by atoms with Crippen molar-refractivity contribution >= 4 is 0 Å². The molecule has 0 fully saturated rings. The minimum Gasteiger partial charge on any atom is -0.870 e. The van der Waals surface area contributed by atoms with Crippen LogP contribution >= 0.6 is 0 Å². The maximum absolute atomic E-state index is 0. The summed E-state index contributed by atoms with van der Waals surface area (Å²) in [5.41, 5.74) is 0. The van der Waals surface area contributed by atoms with Crippen molar-refractivity contribution in [3.05, 3.63) is 0 Å². The van der Waals surface area contributed by atoms with Gasteiger partial charge in [0.05, 0.1) is 0 Å². The molecule has 2 N–H and O–H groups in total. The molecule has 2 nitrogen and oxygen atoms in total. The molecule has 0 aliphatic carbocycles. The predicted molar refractivity (Wildman–Crippen MR) is 3.87 cm³/mol. The van der Waals surface area contributed by atoms with Crippen LogP contribution in [0.5, 0.6) is 0 Å². The molecule has 0 saturated carbocycles. The molecule has 4 heteroatoms. The van der Waals surface area contributed by atoms with E-state index in [0.717, 1.165) is 0 Å². The van der Waals surface area contributed by atoms with Gasteiger partial charge in [-0.2, -0.15) is 0 Å². The monoisotopic (exact) mass is 160 g/mol. The Labute approximate surface area is 45.5 Å². The Morgan fingerprint density at radius 3 is 0.500 bits per heavy atom. The zero-order chi connectivity index (χ0) is 0. The van der Waals surface area contributed by atoms with Crippen molar-refractivity contribution in [2.24, 2.45) is 0 Å². The van der Waals surface area contributed by atoms with Crippen molar-refractivity contribution in [1.29, 1.82) is 0 Å². The minimum atomic E-state index is 0. The summed E-state index contributed by atoms with van der Waals surface area (Å²) in [4.78, 5) is 0. The fraction of sp³-hybridized carbons (Fsp3) is 0. The van der Waals surface area contributed by atoms with E-state index in [1.165, 1.54) is 0 Å². The van der Waals surface area contributed by atoms with Crippen LogP contribution in [-0.2, 0) is 34.1 Å². The van der Waals surface area contributed by atoms with Crippen LogP contribution in [0.2, 0.25) is 0 Å². The van der Waals surface area contributed by atoms with Crippen molar-refractivity contribution in [1.82, 2.24) is 0 Å². The SMILES string of the molecule is [Cu+].[Cu+].[OH-].[OH-]. The van der Waals surface area contributed by atoms with Gasteiger partial charge in [0, 0.05) is 0 Å². The Hall–Kier alpha value is 0.959. The molecule has 0 amide bonds. The van der Waals surface area contributed by atoms with E-state index in [4.69, 9.17) is 0 Å². The minimum absolute atomic E-state index is 0. The van der Waals surface area contributed by atoms with Crippen molar-refractivity contribution < 1.29 is 45.1 Å². The third kappa shape index (κ3) is 12.3. The fourth-order valence-corrected chi connectivity index (χ4v) is 0. The molecule has 4 heavy (non-hydrogen) atoms. The normalized spacial score (nSPS) is 0. The van der Waals surface area contributed by atoms with Crippen LogP contribution in [0.3, 0.4) is 0 Å². The summed E-state index contributed by atoms with van der Waals surface area (Å²) in [5, 5.41) is 0. The molecular weight excluding hydrogens is 159 g/mol. The number of hydrogen-bond acceptors (Lipinski definition) is 2. The molecule has 0 aromatic rings. The topological polar surface area (TPSA) is 60.0 Å². The van der Waals surface area contributed by atoms with Crippen LogP contribution in [-0.4, -0.2) is 11.0 Å². The van der Waals surface area contributed by atoms with E-state index in [2.05, 4.69) is 0 Å². The molecule has 0 aliphatic heterocycles. The van der Waals surface area contributed by atoms with E-state index < -0.39 is 0 Å². The Bertz CT molecular complexity index is 4.00. The van der Waals surface area contributed by atoms with Gasteiger partial charge in [0.25, 0.3) is 0 Å². The summed E-state index contributed by atoms with van der Waals surface area (Å²) in [6.45, 7) is 0. The first kappa shape index (κ1) is 84.5. The molecule has 0 radical (unpaired) electrons. The van der Waals surface area contributed by atoms with Crippen molar-refractivity contribution in [3.8, 4) is 0 Å². The first-order valence-corrected chi connectivity index (χ1v) is 0. The summed E-state index contributed by atoms with van der Waals surface area (Å²) in [6, 6.07) is 0. The summed E-state index contributed by atoms with van der Waals surface area (Å²) < 4.78 is 0. The molecule has 0 bridgehead atoms. The van der Waals surface area contributed by atoms with E-state index >= 15 is 0 Å². The second-order valence-corrected chi connectivity index (χ2v) is 0. The third-order valence-electron chi connectivity index (χ3n) is 0. The van der Waals surface area contributed by atoms with Gasteiger partial charge in [0.1, 0.15) is 0 Å². The standard InChI is InChI=1S/2Cu.2H2O/h;;2*1H2/q2*+1;;/p-2. The van der Waals surface area contributed by atoms with Gasteiger partial charge in [-0.1, -0.05) is 0 Å². The molecule has 0 atom stereocenters. The van der Waals surface area contributed by atoms with E-state index in [-0.39, 0.29) is 45.1 Å². The molecule has 0 aliphatic rings. The van der Waals surface area contributed by atoms with Crippen molar-refractivity contribution in [3.63, 3.8) is 0 Å². The molecule has 0 aromatic heterocycles. The Balaban J connectivity index is 0. The van der Waals surface area contributed by atoms with Gasteiger partial charge in [-0.3, -0.25) is 0 Å². The van der Waals surface area contributed by atoms with Gasteiger partial charge in [0.2, 0.25) is 0 Å². The Kier molecular flexibility index (Phi) is 796. The molecule has 0 heterocycles. The largest absolute Gasteiger partial charge is 1.00 e. The van der Waals surface area contributed by atoms with E-state index in [1.807, 2.05) is 0 Å². The second-order valence-electron chi connectivity index (χ2n) is 0. The first-order chi connectivity index (χ1) is 0. The van der Waals surface area contributed by atoms with Gasteiger partial charge >= 0.3 is 34.1 Å². The molecular formula is H2Cu2O2. The second kappa shape index (κ2) is 37.7. The first-order valence-electron chi connectivity index (χ1n) is 0. The summed E-state index contributed by atoms with van der Waals surface area (Å²) in [5.74, 6) is 0. The average molecular weight is 161 g/mol. The maximum Gasteiger partial charge on any atom is 1.00 e. The molecule has 0 aromatic carbocycles. The van der Waals surface area contributed by atoms with E-state index in [0.29, 0.717) is 0 Å². The number of hydrogen-bond donors (Lipinski definition) is 0. The van der Waals surface area contributed by atoms with Gasteiger partial charge in [0.15, 0.2) is 0 Å².